The molecule has 1 aliphatic carbocycles. The van der Waals surface area contributed by atoms with Gasteiger partial charge in [0.2, 0.25) is 5.91 Å². The van der Waals surface area contributed by atoms with Gasteiger partial charge in [-0.1, -0.05) is 32.9 Å². The minimum absolute atomic E-state index is 0.196. The largest absolute Gasteiger partial charge is 0.454 e. The van der Waals surface area contributed by atoms with Crippen LogP contribution in [0, 0.1) is 5.41 Å². The highest BCUT2D eigenvalue weighted by atomic mass is 16.5. The summed E-state index contributed by atoms with van der Waals surface area (Å²) in [6.07, 6.45) is 1.92. The van der Waals surface area contributed by atoms with Crippen molar-refractivity contribution in [3.8, 4) is 0 Å². The molecule has 1 fully saturated rings. The third-order valence-electron chi connectivity index (χ3n) is 4.09. The Hall–Kier alpha value is -2.90. The lowest BCUT2D eigenvalue weighted by Gasteiger charge is -2.21. The smallest absolute Gasteiger partial charge is 0.328 e. The number of amides is 3. The van der Waals surface area contributed by atoms with Crippen molar-refractivity contribution in [1.29, 1.82) is 0 Å². The molecular formula is C20H27N3O5. The minimum atomic E-state index is -0.879. The zero-order valence-corrected chi connectivity index (χ0v) is 16.6. The van der Waals surface area contributed by atoms with Crippen LogP contribution >= 0.6 is 0 Å². The summed E-state index contributed by atoms with van der Waals surface area (Å²) in [7, 11) is 0. The average Bonchev–Trinajstić information content (AvgIpc) is 3.43. The van der Waals surface area contributed by atoms with E-state index >= 15 is 0 Å². The van der Waals surface area contributed by atoms with Crippen LogP contribution in [0.15, 0.2) is 24.3 Å². The monoisotopic (exact) mass is 389 g/mol. The van der Waals surface area contributed by atoms with E-state index in [4.69, 9.17) is 4.74 Å². The van der Waals surface area contributed by atoms with Gasteiger partial charge in [-0.2, -0.15) is 0 Å². The molecule has 0 aromatic heterocycles. The molecule has 1 aliphatic rings. The van der Waals surface area contributed by atoms with E-state index in [0.717, 1.165) is 12.8 Å². The lowest BCUT2D eigenvalue weighted by molar-refractivity contribution is -0.150. The maximum absolute atomic E-state index is 12.2. The van der Waals surface area contributed by atoms with Crippen LogP contribution < -0.4 is 16.0 Å². The van der Waals surface area contributed by atoms with Gasteiger partial charge >= 0.3 is 5.97 Å². The molecule has 0 radical (unpaired) electrons. The fourth-order valence-corrected chi connectivity index (χ4v) is 2.20. The Labute approximate surface area is 164 Å². The molecule has 0 aliphatic heterocycles. The van der Waals surface area contributed by atoms with Gasteiger partial charge in [0.05, 0.1) is 11.3 Å². The fourth-order valence-electron chi connectivity index (χ4n) is 2.20. The molecule has 3 N–H and O–H groups in total. The van der Waals surface area contributed by atoms with Crippen LogP contribution in [0.4, 0.5) is 5.69 Å². The Morgan fingerprint density at radius 2 is 1.79 bits per heavy atom. The second-order valence-electron chi connectivity index (χ2n) is 7.89. The Bertz CT molecular complexity index is 765. The molecule has 8 nitrogen and oxygen atoms in total. The fraction of sp³-hybridized carbons (Fsp3) is 0.500. The number of hydrogen-bond acceptors (Lipinski definition) is 5. The van der Waals surface area contributed by atoms with E-state index in [2.05, 4.69) is 16.0 Å². The van der Waals surface area contributed by atoms with Crippen LogP contribution in [0.25, 0.3) is 0 Å². The number of esters is 1. The molecule has 0 spiro atoms. The van der Waals surface area contributed by atoms with Crippen molar-refractivity contribution in [2.75, 3.05) is 11.9 Å². The van der Waals surface area contributed by atoms with Gasteiger partial charge in [-0.05, 0) is 31.9 Å². The van der Waals surface area contributed by atoms with E-state index in [9.17, 15) is 19.2 Å². The third-order valence-corrected chi connectivity index (χ3v) is 4.09. The number of hydrogen-bond donors (Lipinski definition) is 3. The summed E-state index contributed by atoms with van der Waals surface area (Å²) in [5.41, 5.74) is 0.0482. The second kappa shape index (κ2) is 8.86. The van der Waals surface area contributed by atoms with Crippen molar-refractivity contribution in [3.63, 3.8) is 0 Å². The van der Waals surface area contributed by atoms with Crippen molar-refractivity contribution in [3.05, 3.63) is 29.8 Å². The van der Waals surface area contributed by atoms with Gasteiger partial charge in [0.1, 0.15) is 6.04 Å². The Balaban J connectivity index is 1.86. The van der Waals surface area contributed by atoms with Crippen LogP contribution in [0.5, 0.6) is 0 Å². The van der Waals surface area contributed by atoms with Crippen molar-refractivity contribution >= 4 is 29.4 Å². The van der Waals surface area contributed by atoms with Crippen molar-refractivity contribution in [2.24, 2.45) is 5.41 Å². The predicted molar refractivity (Wildman–Crippen MR) is 104 cm³/mol. The molecule has 0 heterocycles. The summed E-state index contributed by atoms with van der Waals surface area (Å²) in [5.74, 6) is -1.84. The summed E-state index contributed by atoms with van der Waals surface area (Å²) < 4.78 is 4.96. The standard InChI is InChI=1S/C20H27N3O5/c1-12(21-19(27)20(2,3)4)18(26)28-11-16(24)23-15-8-6-5-7-14(15)17(25)22-13-9-10-13/h5-8,12-13H,9-11H2,1-4H3,(H,21,27)(H,22,25)(H,23,24)/t12-/m0/s1. The van der Waals surface area contributed by atoms with Crippen LogP contribution in [0.3, 0.4) is 0 Å². The highest BCUT2D eigenvalue weighted by molar-refractivity contribution is 6.04. The first-order valence-corrected chi connectivity index (χ1v) is 9.25. The van der Waals surface area contributed by atoms with Gasteiger partial charge in [-0.15, -0.1) is 0 Å². The Morgan fingerprint density at radius 3 is 2.39 bits per heavy atom. The summed E-state index contributed by atoms with van der Waals surface area (Å²) in [6, 6.07) is 5.94. The lowest BCUT2D eigenvalue weighted by Crippen LogP contribution is -2.45. The van der Waals surface area contributed by atoms with E-state index in [-0.39, 0.29) is 17.9 Å². The van der Waals surface area contributed by atoms with Gasteiger partial charge in [-0.25, -0.2) is 4.79 Å². The molecule has 1 saturated carbocycles. The number of carbonyl (C=O) groups excluding carboxylic acids is 4. The van der Waals surface area contributed by atoms with Crippen molar-refractivity contribution in [1.82, 2.24) is 10.6 Å². The maximum Gasteiger partial charge on any atom is 0.328 e. The Morgan fingerprint density at radius 1 is 1.14 bits per heavy atom. The van der Waals surface area contributed by atoms with Gasteiger partial charge in [0.15, 0.2) is 6.61 Å². The van der Waals surface area contributed by atoms with E-state index in [1.54, 1.807) is 45.0 Å². The Kier molecular flexibility index (Phi) is 6.77. The first kappa shape index (κ1) is 21.4. The average molecular weight is 389 g/mol. The minimum Gasteiger partial charge on any atom is -0.454 e. The summed E-state index contributed by atoms with van der Waals surface area (Å²) in [6.45, 7) is 6.15. The van der Waals surface area contributed by atoms with E-state index < -0.39 is 29.9 Å². The highest BCUT2D eigenvalue weighted by Gasteiger charge is 2.27. The number of ether oxygens (including phenoxy) is 1. The number of benzene rings is 1. The van der Waals surface area contributed by atoms with Crippen LogP contribution in [0.2, 0.25) is 0 Å². The van der Waals surface area contributed by atoms with Gasteiger partial charge in [0.25, 0.3) is 11.8 Å². The van der Waals surface area contributed by atoms with E-state index in [1.807, 2.05) is 0 Å². The molecule has 1 aromatic carbocycles. The van der Waals surface area contributed by atoms with Crippen LogP contribution in [-0.2, 0) is 19.1 Å². The molecule has 28 heavy (non-hydrogen) atoms. The predicted octanol–water partition coefficient (Wildman–Crippen LogP) is 1.61. The third kappa shape index (κ3) is 6.37. The second-order valence-corrected chi connectivity index (χ2v) is 7.89. The number of rotatable bonds is 7. The maximum atomic E-state index is 12.2. The highest BCUT2D eigenvalue weighted by Crippen LogP contribution is 2.21. The number of carbonyl (C=O) groups is 4. The van der Waals surface area contributed by atoms with Gasteiger partial charge in [-0.3, -0.25) is 14.4 Å². The van der Waals surface area contributed by atoms with Crippen LogP contribution in [-0.4, -0.2) is 42.4 Å². The molecule has 0 bridgehead atoms. The van der Waals surface area contributed by atoms with Gasteiger partial charge < -0.3 is 20.7 Å². The molecule has 2 rings (SSSR count). The van der Waals surface area contributed by atoms with Crippen LogP contribution in [0.1, 0.15) is 50.9 Å². The zero-order valence-electron chi connectivity index (χ0n) is 16.6. The molecule has 152 valence electrons. The number of nitrogens with one attached hydrogen (secondary N) is 3. The summed E-state index contributed by atoms with van der Waals surface area (Å²) in [5, 5.41) is 7.99. The first-order valence-electron chi connectivity index (χ1n) is 9.25. The van der Waals surface area contributed by atoms with Crippen molar-refractivity contribution < 1.29 is 23.9 Å². The topological polar surface area (TPSA) is 114 Å². The molecule has 0 saturated heterocycles. The molecule has 1 atom stereocenters. The normalized spacial score (nSPS) is 14.6. The zero-order chi connectivity index (χ0) is 20.9. The first-order chi connectivity index (χ1) is 13.1. The molecular weight excluding hydrogens is 362 g/mol. The lowest BCUT2D eigenvalue weighted by atomic mass is 9.95. The number of anilines is 1. The summed E-state index contributed by atoms with van der Waals surface area (Å²) in [4.78, 5) is 48.3. The molecule has 8 heteroatoms. The van der Waals surface area contributed by atoms with Crippen molar-refractivity contribution in [2.45, 2.75) is 52.6 Å². The van der Waals surface area contributed by atoms with E-state index in [1.165, 1.54) is 6.92 Å². The molecule has 3 amide bonds. The number of para-hydroxylation sites is 1. The van der Waals surface area contributed by atoms with E-state index in [0.29, 0.717) is 11.3 Å². The molecule has 0 unspecified atom stereocenters. The molecule has 1 aromatic rings. The summed E-state index contributed by atoms with van der Waals surface area (Å²) >= 11 is 0. The van der Waals surface area contributed by atoms with Gasteiger partial charge in [0, 0.05) is 11.5 Å². The SMILES string of the molecule is C[C@H](NC(=O)C(C)(C)C)C(=O)OCC(=O)Nc1ccccc1C(=O)NC1CC1. The quantitative estimate of drug-likeness (QED) is 0.613.